The van der Waals surface area contributed by atoms with Crippen LogP contribution in [0.15, 0.2) is 9.59 Å². The number of hydrogen-bond acceptors (Lipinski definition) is 6. The van der Waals surface area contributed by atoms with Gasteiger partial charge in [0.1, 0.15) is 11.5 Å². The largest absolute Gasteiger partial charge is 0.394 e. The highest BCUT2D eigenvalue weighted by atomic mass is 16.5. The SMILES string of the molecule is CCCn1c(N)c(N2CC(CO)OCC2C)c(=O)[nH]c1=O. The molecule has 1 aromatic heterocycles. The van der Waals surface area contributed by atoms with Crippen LogP contribution >= 0.6 is 0 Å². The molecule has 2 heterocycles. The molecule has 2 unspecified atom stereocenters. The number of morpholine rings is 1. The van der Waals surface area contributed by atoms with Gasteiger partial charge in [-0.15, -0.1) is 0 Å². The maximum atomic E-state index is 12.2. The highest BCUT2D eigenvalue weighted by molar-refractivity contribution is 5.63. The Labute approximate surface area is 122 Å². The van der Waals surface area contributed by atoms with Crippen LogP contribution in [-0.4, -0.2) is 46.6 Å². The van der Waals surface area contributed by atoms with E-state index in [2.05, 4.69) is 4.98 Å². The molecule has 0 radical (unpaired) electrons. The maximum absolute atomic E-state index is 12.2. The Kier molecular flexibility index (Phi) is 4.69. The number of aromatic nitrogens is 2. The summed E-state index contributed by atoms with van der Waals surface area (Å²) in [7, 11) is 0. The van der Waals surface area contributed by atoms with Gasteiger partial charge >= 0.3 is 5.69 Å². The third-order valence-corrected chi connectivity index (χ3v) is 3.66. The molecule has 1 aliphatic heterocycles. The van der Waals surface area contributed by atoms with Gasteiger partial charge in [-0.3, -0.25) is 14.3 Å². The van der Waals surface area contributed by atoms with Crippen molar-refractivity contribution in [2.45, 2.75) is 39.0 Å². The first kappa shape index (κ1) is 15.6. The molecule has 2 atom stereocenters. The van der Waals surface area contributed by atoms with Crippen molar-refractivity contribution in [3.63, 3.8) is 0 Å². The summed E-state index contributed by atoms with van der Waals surface area (Å²) in [6, 6.07) is -0.0659. The van der Waals surface area contributed by atoms with E-state index in [4.69, 9.17) is 10.5 Å². The van der Waals surface area contributed by atoms with Crippen molar-refractivity contribution in [2.75, 3.05) is 30.4 Å². The Hall–Kier alpha value is -1.80. The summed E-state index contributed by atoms with van der Waals surface area (Å²) in [6.07, 6.45) is 0.361. The van der Waals surface area contributed by atoms with Crippen LogP contribution in [0.25, 0.3) is 0 Å². The molecule has 1 aromatic rings. The average molecular weight is 298 g/mol. The summed E-state index contributed by atoms with van der Waals surface area (Å²) in [5.41, 5.74) is 5.32. The third kappa shape index (κ3) is 2.96. The molecule has 21 heavy (non-hydrogen) atoms. The smallest absolute Gasteiger partial charge is 0.330 e. The van der Waals surface area contributed by atoms with Gasteiger partial charge in [0, 0.05) is 19.1 Å². The molecule has 0 spiro atoms. The van der Waals surface area contributed by atoms with Crippen molar-refractivity contribution in [1.29, 1.82) is 0 Å². The second-order valence-electron chi connectivity index (χ2n) is 5.28. The zero-order chi connectivity index (χ0) is 15.6. The van der Waals surface area contributed by atoms with Crippen molar-refractivity contribution in [3.8, 4) is 0 Å². The Morgan fingerprint density at radius 3 is 2.81 bits per heavy atom. The summed E-state index contributed by atoms with van der Waals surface area (Å²) >= 11 is 0. The van der Waals surface area contributed by atoms with Crippen molar-refractivity contribution in [1.82, 2.24) is 9.55 Å². The number of nitrogens with one attached hydrogen (secondary N) is 1. The fourth-order valence-corrected chi connectivity index (χ4v) is 2.54. The number of aromatic amines is 1. The van der Waals surface area contributed by atoms with E-state index >= 15 is 0 Å². The minimum absolute atomic E-state index is 0.0659. The van der Waals surface area contributed by atoms with Crippen LogP contribution < -0.4 is 21.9 Å². The number of ether oxygens (including phenoxy) is 1. The first-order chi connectivity index (χ1) is 9.99. The molecule has 2 rings (SSSR count). The highest BCUT2D eigenvalue weighted by Gasteiger charge is 2.30. The number of nitrogen functional groups attached to an aromatic ring is 1. The first-order valence-corrected chi connectivity index (χ1v) is 7.11. The molecule has 0 aromatic carbocycles. The second kappa shape index (κ2) is 6.31. The van der Waals surface area contributed by atoms with Gasteiger partial charge < -0.3 is 20.5 Å². The number of nitrogens with two attached hydrogens (primary N) is 1. The number of hydrogen-bond donors (Lipinski definition) is 3. The van der Waals surface area contributed by atoms with Crippen LogP contribution in [0, 0.1) is 0 Å². The molecule has 8 heteroatoms. The molecule has 0 bridgehead atoms. The molecule has 1 aliphatic rings. The molecule has 1 saturated heterocycles. The van der Waals surface area contributed by atoms with E-state index in [1.807, 2.05) is 13.8 Å². The zero-order valence-corrected chi connectivity index (χ0v) is 12.3. The number of nitrogens with zero attached hydrogens (tertiary/aromatic N) is 2. The van der Waals surface area contributed by atoms with Crippen molar-refractivity contribution in [3.05, 3.63) is 20.8 Å². The maximum Gasteiger partial charge on any atom is 0.330 e. The third-order valence-electron chi connectivity index (χ3n) is 3.66. The van der Waals surface area contributed by atoms with E-state index in [1.54, 1.807) is 4.90 Å². The zero-order valence-electron chi connectivity index (χ0n) is 12.3. The van der Waals surface area contributed by atoms with Gasteiger partial charge in [-0.1, -0.05) is 6.92 Å². The van der Waals surface area contributed by atoms with Gasteiger partial charge in [0.2, 0.25) is 0 Å². The number of aliphatic hydroxyl groups is 1. The number of rotatable bonds is 4. The van der Waals surface area contributed by atoms with Crippen LogP contribution in [0.4, 0.5) is 11.5 Å². The topological polar surface area (TPSA) is 114 Å². The van der Waals surface area contributed by atoms with Gasteiger partial charge in [0.25, 0.3) is 5.56 Å². The van der Waals surface area contributed by atoms with E-state index in [-0.39, 0.29) is 30.3 Å². The van der Waals surface area contributed by atoms with Crippen molar-refractivity contribution < 1.29 is 9.84 Å². The Balaban J connectivity index is 2.49. The minimum atomic E-state index is -0.504. The van der Waals surface area contributed by atoms with Crippen LogP contribution in [0.1, 0.15) is 20.3 Å². The predicted molar refractivity (Wildman–Crippen MR) is 79.7 cm³/mol. The van der Waals surface area contributed by atoms with E-state index in [0.717, 1.165) is 6.42 Å². The molecule has 0 saturated carbocycles. The van der Waals surface area contributed by atoms with Gasteiger partial charge in [-0.05, 0) is 13.3 Å². The van der Waals surface area contributed by atoms with Crippen LogP contribution in [0.3, 0.4) is 0 Å². The molecular formula is C13H22N4O4. The lowest BCUT2D eigenvalue weighted by Gasteiger charge is -2.39. The van der Waals surface area contributed by atoms with Gasteiger partial charge in [0.15, 0.2) is 0 Å². The second-order valence-corrected chi connectivity index (χ2v) is 5.28. The van der Waals surface area contributed by atoms with Gasteiger partial charge in [0.05, 0.1) is 19.3 Å². The summed E-state index contributed by atoms with van der Waals surface area (Å²) < 4.78 is 6.83. The predicted octanol–water partition coefficient (Wildman–Crippen LogP) is -0.885. The lowest BCUT2D eigenvalue weighted by Crippen LogP contribution is -2.52. The van der Waals surface area contributed by atoms with E-state index in [0.29, 0.717) is 19.7 Å². The van der Waals surface area contributed by atoms with Crippen LogP contribution in [0.5, 0.6) is 0 Å². The minimum Gasteiger partial charge on any atom is -0.394 e. The lowest BCUT2D eigenvalue weighted by atomic mass is 10.2. The fraction of sp³-hybridized carbons (Fsp3) is 0.692. The van der Waals surface area contributed by atoms with Gasteiger partial charge in [-0.25, -0.2) is 4.79 Å². The molecule has 8 nitrogen and oxygen atoms in total. The number of H-pyrrole nitrogens is 1. The summed E-state index contributed by atoms with van der Waals surface area (Å²) in [4.78, 5) is 28.1. The van der Waals surface area contributed by atoms with E-state index in [9.17, 15) is 14.7 Å². The molecule has 0 amide bonds. The Morgan fingerprint density at radius 2 is 2.19 bits per heavy atom. The number of aliphatic hydroxyl groups excluding tert-OH is 1. The van der Waals surface area contributed by atoms with Crippen LogP contribution in [-0.2, 0) is 11.3 Å². The Bertz CT molecular complexity index is 609. The molecule has 0 aliphatic carbocycles. The molecule has 1 fully saturated rings. The normalized spacial score (nSPS) is 22.5. The fourth-order valence-electron chi connectivity index (χ4n) is 2.54. The van der Waals surface area contributed by atoms with Crippen molar-refractivity contribution >= 4 is 11.5 Å². The standard InChI is InChI=1S/C13H22N4O4/c1-3-4-16-11(14)10(12(19)15-13(16)20)17-5-9(6-18)21-7-8(17)2/h8-9,18H,3-7,14H2,1-2H3,(H,15,19,20). The van der Waals surface area contributed by atoms with E-state index < -0.39 is 11.2 Å². The monoisotopic (exact) mass is 298 g/mol. The molecule has 118 valence electrons. The van der Waals surface area contributed by atoms with Crippen molar-refractivity contribution in [2.24, 2.45) is 0 Å². The van der Waals surface area contributed by atoms with E-state index in [1.165, 1.54) is 4.57 Å². The summed E-state index contributed by atoms with van der Waals surface area (Å²) in [5.74, 6) is 0.163. The first-order valence-electron chi connectivity index (χ1n) is 7.11. The average Bonchev–Trinajstić information content (AvgIpc) is 2.45. The quantitative estimate of drug-likeness (QED) is 0.665. The number of anilines is 2. The van der Waals surface area contributed by atoms with Crippen LogP contribution in [0.2, 0.25) is 0 Å². The van der Waals surface area contributed by atoms with Gasteiger partial charge in [-0.2, -0.15) is 0 Å². The summed E-state index contributed by atoms with van der Waals surface area (Å²) in [5, 5.41) is 9.24. The highest BCUT2D eigenvalue weighted by Crippen LogP contribution is 2.23. The Morgan fingerprint density at radius 1 is 1.48 bits per heavy atom. The molecular weight excluding hydrogens is 276 g/mol. The molecule has 4 N–H and O–H groups in total. The lowest BCUT2D eigenvalue weighted by molar-refractivity contribution is -0.0104. The summed E-state index contributed by atoms with van der Waals surface area (Å²) in [6.45, 7) is 4.88.